The maximum Gasteiger partial charge on any atom is 0.327 e. The number of hydrogen-bond donors (Lipinski definition) is 8. The van der Waals surface area contributed by atoms with Crippen LogP contribution >= 0.6 is 12.6 Å². The maximum atomic E-state index is 12.8. The monoisotopic (exact) mass is 491 g/mol. The van der Waals surface area contributed by atoms with Gasteiger partial charge in [0.2, 0.25) is 23.6 Å². The van der Waals surface area contributed by atoms with Crippen LogP contribution in [0.25, 0.3) is 0 Å². The van der Waals surface area contributed by atoms with Gasteiger partial charge in [-0.2, -0.15) is 12.6 Å². The van der Waals surface area contributed by atoms with Crippen molar-refractivity contribution >= 4 is 48.2 Å². The summed E-state index contributed by atoms with van der Waals surface area (Å²) >= 11 is 3.88. The first-order valence-corrected chi connectivity index (χ1v) is 10.9. The Hall–Kier alpha value is -2.87. The molecule has 0 aromatic heterocycles. The molecule has 0 aromatic rings. The number of carboxylic acid groups (broad SMARTS) is 2. The topological polar surface area (TPSA) is 231 Å². The Morgan fingerprint density at radius 1 is 0.818 bits per heavy atom. The second kappa shape index (κ2) is 15.1. The standard InChI is InChI=1S/C19H33N5O8S/c1-9(2)7-12(18(30)24-13(8-33)19(31)32)23-17(29)11(4-5-14(21)25)22-16(28)10(20)3-6-15(26)27/h9-13,33H,3-8,20H2,1-2H3,(H2,21,25)(H,22,28)(H,23,29)(H,24,30)(H,26,27)(H,31,32). The molecule has 14 heteroatoms. The van der Waals surface area contributed by atoms with Crippen molar-refractivity contribution in [1.82, 2.24) is 16.0 Å². The zero-order valence-corrected chi connectivity index (χ0v) is 19.5. The molecule has 0 bridgehead atoms. The van der Waals surface area contributed by atoms with E-state index >= 15 is 0 Å². The number of aliphatic carboxylic acids is 2. The third-order valence-electron chi connectivity index (χ3n) is 4.46. The summed E-state index contributed by atoms with van der Waals surface area (Å²) < 4.78 is 0. The number of thiol groups is 1. The van der Waals surface area contributed by atoms with Crippen LogP contribution in [0.1, 0.15) is 46.0 Å². The van der Waals surface area contributed by atoms with Crippen molar-refractivity contribution in [3.05, 3.63) is 0 Å². The lowest BCUT2D eigenvalue weighted by Crippen LogP contribution is -2.57. The first-order chi connectivity index (χ1) is 15.3. The van der Waals surface area contributed by atoms with Crippen LogP contribution in [-0.2, 0) is 28.8 Å². The maximum absolute atomic E-state index is 12.8. The van der Waals surface area contributed by atoms with Gasteiger partial charge < -0.3 is 37.6 Å². The highest BCUT2D eigenvalue weighted by molar-refractivity contribution is 7.80. The Labute approximate surface area is 196 Å². The molecule has 188 valence electrons. The number of nitrogens with two attached hydrogens (primary N) is 2. The van der Waals surface area contributed by atoms with Gasteiger partial charge in [0, 0.05) is 18.6 Å². The highest BCUT2D eigenvalue weighted by Crippen LogP contribution is 2.08. The molecule has 0 spiro atoms. The fraction of sp³-hybridized carbons (Fsp3) is 0.684. The van der Waals surface area contributed by atoms with E-state index in [-0.39, 0.29) is 43.8 Å². The highest BCUT2D eigenvalue weighted by Gasteiger charge is 2.30. The summed E-state index contributed by atoms with van der Waals surface area (Å²) in [6.07, 6.45) is -0.832. The van der Waals surface area contributed by atoms with E-state index in [1.807, 2.05) is 0 Å². The van der Waals surface area contributed by atoms with Crippen LogP contribution in [0.2, 0.25) is 0 Å². The molecule has 0 aliphatic rings. The molecular weight excluding hydrogens is 458 g/mol. The van der Waals surface area contributed by atoms with Crippen LogP contribution in [-0.4, -0.2) is 75.7 Å². The zero-order valence-electron chi connectivity index (χ0n) is 18.6. The Bertz CT molecular complexity index is 733. The van der Waals surface area contributed by atoms with Gasteiger partial charge >= 0.3 is 11.9 Å². The Morgan fingerprint density at radius 2 is 1.33 bits per heavy atom. The number of carbonyl (C=O) groups excluding carboxylic acids is 4. The van der Waals surface area contributed by atoms with Crippen LogP contribution < -0.4 is 27.4 Å². The van der Waals surface area contributed by atoms with Gasteiger partial charge in [0.05, 0.1) is 6.04 Å². The fourth-order valence-electron chi connectivity index (χ4n) is 2.68. The molecule has 9 N–H and O–H groups in total. The van der Waals surface area contributed by atoms with Gasteiger partial charge in [-0.25, -0.2) is 4.79 Å². The SMILES string of the molecule is CC(C)CC(NC(=O)C(CCC(N)=O)NC(=O)C(N)CCC(=O)O)C(=O)NC(CS)C(=O)O. The molecule has 0 aromatic carbocycles. The first kappa shape index (κ1) is 30.1. The summed E-state index contributed by atoms with van der Waals surface area (Å²) in [5.74, 6) is -5.79. The van der Waals surface area contributed by atoms with Gasteiger partial charge in [0.15, 0.2) is 0 Å². The van der Waals surface area contributed by atoms with Gasteiger partial charge in [0.1, 0.15) is 18.1 Å². The summed E-state index contributed by atoms with van der Waals surface area (Å²) in [5.41, 5.74) is 10.8. The van der Waals surface area contributed by atoms with Crippen molar-refractivity contribution in [2.24, 2.45) is 17.4 Å². The molecule has 0 heterocycles. The number of amides is 4. The smallest absolute Gasteiger partial charge is 0.327 e. The third-order valence-corrected chi connectivity index (χ3v) is 4.82. The largest absolute Gasteiger partial charge is 0.481 e. The van der Waals surface area contributed by atoms with Gasteiger partial charge in [-0.1, -0.05) is 13.8 Å². The minimum absolute atomic E-state index is 0.0663. The predicted octanol–water partition coefficient (Wildman–Crippen LogP) is -2.04. The van der Waals surface area contributed by atoms with Gasteiger partial charge in [-0.3, -0.25) is 24.0 Å². The van der Waals surface area contributed by atoms with E-state index in [0.717, 1.165) is 0 Å². The van der Waals surface area contributed by atoms with E-state index in [0.29, 0.717) is 0 Å². The number of carbonyl (C=O) groups is 6. The molecule has 0 saturated heterocycles. The zero-order chi connectivity index (χ0) is 25.7. The van der Waals surface area contributed by atoms with Crippen molar-refractivity contribution in [3.63, 3.8) is 0 Å². The highest BCUT2D eigenvalue weighted by atomic mass is 32.1. The van der Waals surface area contributed by atoms with E-state index < -0.39 is 59.7 Å². The lowest BCUT2D eigenvalue weighted by atomic mass is 10.0. The van der Waals surface area contributed by atoms with E-state index in [1.165, 1.54) is 0 Å². The summed E-state index contributed by atoms with van der Waals surface area (Å²) in [6.45, 7) is 3.57. The second-order valence-corrected chi connectivity index (χ2v) is 8.24. The van der Waals surface area contributed by atoms with Crippen LogP contribution in [0.3, 0.4) is 0 Å². The van der Waals surface area contributed by atoms with E-state index in [1.54, 1.807) is 13.8 Å². The minimum Gasteiger partial charge on any atom is -0.481 e. The minimum atomic E-state index is -1.30. The molecule has 4 atom stereocenters. The molecule has 0 radical (unpaired) electrons. The van der Waals surface area contributed by atoms with Gasteiger partial charge in [0.25, 0.3) is 0 Å². The predicted molar refractivity (Wildman–Crippen MR) is 120 cm³/mol. The number of nitrogens with one attached hydrogen (secondary N) is 3. The summed E-state index contributed by atoms with van der Waals surface area (Å²) in [7, 11) is 0. The van der Waals surface area contributed by atoms with Gasteiger partial charge in [-0.05, 0) is 25.2 Å². The van der Waals surface area contributed by atoms with Crippen LogP contribution in [0.15, 0.2) is 0 Å². The lowest BCUT2D eigenvalue weighted by molar-refractivity contribution is -0.141. The number of primary amides is 1. The molecule has 33 heavy (non-hydrogen) atoms. The molecule has 0 fully saturated rings. The molecule has 13 nitrogen and oxygen atoms in total. The number of rotatable bonds is 16. The average Bonchev–Trinajstić information content (AvgIpc) is 2.71. The van der Waals surface area contributed by atoms with Crippen molar-refractivity contribution in [1.29, 1.82) is 0 Å². The lowest BCUT2D eigenvalue weighted by Gasteiger charge is -2.25. The van der Waals surface area contributed by atoms with Crippen LogP contribution in [0.5, 0.6) is 0 Å². The quantitative estimate of drug-likeness (QED) is 0.111. The Kier molecular flexibility index (Phi) is 13.7. The van der Waals surface area contributed by atoms with Crippen molar-refractivity contribution in [2.75, 3.05) is 5.75 Å². The van der Waals surface area contributed by atoms with E-state index in [4.69, 9.17) is 21.7 Å². The van der Waals surface area contributed by atoms with Gasteiger partial charge in [-0.15, -0.1) is 0 Å². The van der Waals surface area contributed by atoms with Crippen molar-refractivity contribution in [2.45, 2.75) is 70.1 Å². The van der Waals surface area contributed by atoms with Crippen molar-refractivity contribution in [3.8, 4) is 0 Å². The number of carboxylic acids is 2. The first-order valence-electron chi connectivity index (χ1n) is 10.3. The third kappa shape index (κ3) is 12.7. The Morgan fingerprint density at radius 3 is 1.79 bits per heavy atom. The second-order valence-electron chi connectivity index (χ2n) is 7.88. The van der Waals surface area contributed by atoms with E-state index in [2.05, 4.69) is 28.6 Å². The normalized spacial score (nSPS) is 14.5. The average molecular weight is 492 g/mol. The molecule has 4 amide bonds. The summed E-state index contributed by atoms with van der Waals surface area (Å²) in [4.78, 5) is 70.8. The fourth-order valence-corrected chi connectivity index (χ4v) is 2.92. The summed E-state index contributed by atoms with van der Waals surface area (Å²) in [5, 5.41) is 24.9. The van der Waals surface area contributed by atoms with Crippen molar-refractivity contribution < 1.29 is 39.0 Å². The molecule has 0 rings (SSSR count). The molecule has 4 unspecified atom stereocenters. The molecular formula is C19H33N5O8S. The van der Waals surface area contributed by atoms with Crippen LogP contribution in [0, 0.1) is 5.92 Å². The Balaban J connectivity index is 5.46. The molecule has 0 aliphatic carbocycles. The molecule has 0 saturated carbocycles. The van der Waals surface area contributed by atoms with Crippen LogP contribution in [0.4, 0.5) is 0 Å². The summed E-state index contributed by atoms with van der Waals surface area (Å²) in [6, 6.07) is -4.91. The molecule has 0 aliphatic heterocycles. The number of hydrogen-bond acceptors (Lipinski definition) is 8. The van der Waals surface area contributed by atoms with E-state index in [9.17, 15) is 28.8 Å².